The summed E-state index contributed by atoms with van der Waals surface area (Å²) in [5.41, 5.74) is 1.02. The van der Waals surface area contributed by atoms with Gasteiger partial charge in [0.2, 0.25) is 11.0 Å². The molecule has 0 bridgehead atoms. The van der Waals surface area contributed by atoms with Crippen molar-refractivity contribution >= 4 is 23.1 Å². The van der Waals surface area contributed by atoms with Gasteiger partial charge >= 0.3 is 0 Å². The molecule has 0 aliphatic carbocycles. The number of oxazole rings is 1. The minimum Gasteiger partial charge on any atom is -0.440 e. The van der Waals surface area contributed by atoms with Crippen molar-refractivity contribution in [3.63, 3.8) is 0 Å². The van der Waals surface area contributed by atoms with Crippen LogP contribution in [0.5, 0.6) is 0 Å². The van der Waals surface area contributed by atoms with E-state index in [1.165, 1.54) is 11.8 Å². The number of nitrogens with zero attached hydrogens (tertiary/aromatic N) is 3. The number of aromatic amines is 1. The number of hydrogen-bond acceptors (Lipinski definition) is 6. The maximum atomic E-state index is 5.77. The van der Waals surface area contributed by atoms with Crippen molar-refractivity contribution in [2.24, 2.45) is 0 Å². The molecule has 3 heterocycles. The van der Waals surface area contributed by atoms with E-state index in [1.807, 2.05) is 47.8 Å². The van der Waals surface area contributed by atoms with Crippen LogP contribution < -0.4 is 0 Å². The van der Waals surface area contributed by atoms with Gasteiger partial charge in [0, 0.05) is 5.56 Å². The third-order valence-corrected chi connectivity index (χ3v) is 4.86. The zero-order chi connectivity index (χ0) is 15.5. The van der Waals surface area contributed by atoms with E-state index in [1.54, 1.807) is 17.5 Å². The molecule has 1 N–H and O–H groups in total. The van der Waals surface area contributed by atoms with E-state index in [0.717, 1.165) is 22.0 Å². The fourth-order valence-electron chi connectivity index (χ4n) is 2.07. The summed E-state index contributed by atoms with van der Waals surface area (Å²) in [5.74, 6) is 2.82. The van der Waals surface area contributed by atoms with Crippen molar-refractivity contribution in [2.45, 2.75) is 10.9 Å². The summed E-state index contributed by atoms with van der Waals surface area (Å²) in [6.07, 6.45) is 1.75. The minimum absolute atomic E-state index is 0.592. The molecule has 5 nitrogen and oxygen atoms in total. The molecule has 0 amide bonds. The first kappa shape index (κ1) is 14.2. The van der Waals surface area contributed by atoms with Crippen LogP contribution in [-0.4, -0.2) is 20.2 Å². The van der Waals surface area contributed by atoms with Gasteiger partial charge in [-0.3, -0.25) is 5.10 Å². The minimum atomic E-state index is 0.592. The van der Waals surface area contributed by atoms with Crippen LogP contribution >= 0.6 is 23.1 Å². The van der Waals surface area contributed by atoms with Crippen LogP contribution in [0.2, 0.25) is 0 Å². The van der Waals surface area contributed by atoms with Crippen LogP contribution in [0.25, 0.3) is 22.0 Å². The molecule has 23 heavy (non-hydrogen) atoms. The molecule has 0 fully saturated rings. The Morgan fingerprint density at radius 2 is 2.04 bits per heavy atom. The van der Waals surface area contributed by atoms with E-state index in [4.69, 9.17) is 4.42 Å². The predicted octanol–water partition coefficient (Wildman–Crippen LogP) is 4.48. The van der Waals surface area contributed by atoms with E-state index in [-0.39, 0.29) is 0 Å². The van der Waals surface area contributed by atoms with Gasteiger partial charge in [0.15, 0.2) is 11.6 Å². The van der Waals surface area contributed by atoms with Gasteiger partial charge in [-0.25, -0.2) is 9.97 Å². The third-order valence-electron chi connectivity index (χ3n) is 3.16. The molecule has 0 aliphatic rings. The lowest BCUT2D eigenvalue weighted by molar-refractivity contribution is 0.530. The Morgan fingerprint density at radius 3 is 2.87 bits per heavy atom. The molecule has 0 unspecified atom stereocenters. The summed E-state index contributed by atoms with van der Waals surface area (Å²) in [7, 11) is 0. The van der Waals surface area contributed by atoms with Crippen LogP contribution in [0.15, 0.2) is 63.6 Å². The molecule has 0 spiro atoms. The topological polar surface area (TPSA) is 67.6 Å². The highest BCUT2D eigenvalue weighted by Crippen LogP contribution is 2.26. The Morgan fingerprint density at radius 1 is 1.13 bits per heavy atom. The van der Waals surface area contributed by atoms with Gasteiger partial charge in [0.05, 0.1) is 16.8 Å². The molecular weight excluding hydrogens is 328 g/mol. The molecule has 0 saturated heterocycles. The van der Waals surface area contributed by atoms with Crippen molar-refractivity contribution in [3.05, 3.63) is 59.9 Å². The maximum Gasteiger partial charge on any atom is 0.209 e. The van der Waals surface area contributed by atoms with Gasteiger partial charge < -0.3 is 4.42 Å². The van der Waals surface area contributed by atoms with Crippen LogP contribution in [-0.2, 0) is 5.75 Å². The van der Waals surface area contributed by atoms with Crippen molar-refractivity contribution < 1.29 is 4.42 Å². The smallest absolute Gasteiger partial charge is 0.209 e. The quantitative estimate of drug-likeness (QED) is 0.543. The molecule has 0 atom stereocenters. The monoisotopic (exact) mass is 340 g/mol. The molecular formula is C16H12N4OS2. The Hall–Kier alpha value is -2.38. The Kier molecular flexibility index (Phi) is 3.95. The number of aromatic nitrogens is 4. The van der Waals surface area contributed by atoms with Crippen molar-refractivity contribution in [1.29, 1.82) is 0 Å². The second kappa shape index (κ2) is 6.39. The number of H-pyrrole nitrogens is 1. The fourth-order valence-corrected chi connectivity index (χ4v) is 3.39. The average Bonchev–Trinajstić information content (AvgIpc) is 3.33. The summed E-state index contributed by atoms with van der Waals surface area (Å²) >= 11 is 3.13. The largest absolute Gasteiger partial charge is 0.440 e. The molecule has 0 radical (unpaired) electrons. The molecule has 4 rings (SSSR count). The first-order valence-electron chi connectivity index (χ1n) is 6.98. The lowest BCUT2D eigenvalue weighted by Crippen LogP contribution is -1.81. The highest BCUT2D eigenvalue weighted by molar-refractivity contribution is 7.98. The van der Waals surface area contributed by atoms with Gasteiger partial charge in [-0.2, -0.15) is 0 Å². The van der Waals surface area contributed by atoms with Crippen molar-refractivity contribution in [1.82, 2.24) is 20.2 Å². The average molecular weight is 340 g/mol. The SMILES string of the molecule is c1ccc(-c2cnc(CSc3n[nH]c(-c4cccs4)n3)o2)cc1. The van der Waals surface area contributed by atoms with E-state index in [0.29, 0.717) is 16.8 Å². The first-order valence-corrected chi connectivity index (χ1v) is 8.84. The number of thioether (sulfide) groups is 1. The molecule has 7 heteroatoms. The van der Waals surface area contributed by atoms with Crippen LogP contribution in [0.1, 0.15) is 5.89 Å². The Balaban J connectivity index is 1.43. The normalized spacial score (nSPS) is 11.0. The zero-order valence-electron chi connectivity index (χ0n) is 12.0. The number of benzene rings is 1. The predicted molar refractivity (Wildman–Crippen MR) is 91.2 cm³/mol. The van der Waals surface area contributed by atoms with Gasteiger partial charge in [0.25, 0.3) is 0 Å². The molecule has 0 saturated carbocycles. The van der Waals surface area contributed by atoms with Gasteiger partial charge in [0.1, 0.15) is 0 Å². The van der Waals surface area contributed by atoms with Crippen LogP contribution in [0, 0.1) is 0 Å². The number of hydrogen-bond donors (Lipinski definition) is 1. The third kappa shape index (κ3) is 3.20. The summed E-state index contributed by atoms with van der Waals surface area (Å²) in [6, 6.07) is 13.9. The maximum absolute atomic E-state index is 5.77. The highest BCUT2D eigenvalue weighted by Gasteiger charge is 2.10. The molecule has 4 aromatic rings. The molecule has 114 valence electrons. The Labute approximate surface area is 140 Å². The summed E-state index contributed by atoms with van der Waals surface area (Å²) in [4.78, 5) is 9.86. The summed E-state index contributed by atoms with van der Waals surface area (Å²) in [5, 5.41) is 9.87. The molecule has 1 aromatic carbocycles. The number of thiophene rings is 1. The Bertz CT molecular complexity index is 884. The fraction of sp³-hybridized carbons (Fsp3) is 0.0625. The molecule has 0 aliphatic heterocycles. The first-order chi connectivity index (χ1) is 11.4. The second-order valence-electron chi connectivity index (χ2n) is 4.72. The van der Waals surface area contributed by atoms with E-state index < -0.39 is 0 Å². The van der Waals surface area contributed by atoms with Gasteiger partial charge in [-0.05, 0) is 11.4 Å². The van der Waals surface area contributed by atoms with Crippen LogP contribution in [0.3, 0.4) is 0 Å². The van der Waals surface area contributed by atoms with Gasteiger partial charge in [-0.15, -0.1) is 16.4 Å². The van der Waals surface area contributed by atoms with Gasteiger partial charge in [-0.1, -0.05) is 48.2 Å². The van der Waals surface area contributed by atoms with E-state index in [9.17, 15) is 0 Å². The van der Waals surface area contributed by atoms with Crippen molar-refractivity contribution in [2.75, 3.05) is 0 Å². The zero-order valence-corrected chi connectivity index (χ0v) is 13.6. The van der Waals surface area contributed by atoms with Crippen LogP contribution in [0.4, 0.5) is 0 Å². The van der Waals surface area contributed by atoms with Crippen molar-refractivity contribution in [3.8, 4) is 22.0 Å². The number of nitrogens with one attached hydrogen (secondary N) is 1. The van der Waals surface area contributed by atoms with E-state index >= 15 is 0 Å². The lowest BCUT2D eigenvalue weighted by atomic mass is 10.2. The summed E-state index contributed by atoms with van der Waals surface area (Å²) < 4.78 is 5.77. The lowest BCUT2D eigenvalue weighted by Gasteiger charge is -1.94. The molecule has 3 aromatic heterocycles. The van der Waals surface area contributed by atoms with E-state index in [2.05, 4.69) is 20.2 Å². The number of rotatable bonds is 5. The summed E-state index contributed by atoms with van der Waals surface area (Å²) in [6.45, 7) is 0. The highest BCUT2D eigenvalue weighted by atomic mass is 32.2. The second-order valence-corrected chi connectivity index (χ2v) is 6.61. The standard InChI is InChI=1S/C16H12N4OS2/c1-2-5-11(6-3-1)12-9-17-14(21-12)10-23-16-18-15(19-20-16)13-7-4-8-22-13/h1-9H,10H2,(H,18,19,20).